The Morgan fingerprint density at radius 1 is 1.28 bits per heavy atom. The highest BCUT2D eigenvalue weighted by atomic mass is 35.5. The quantitative estimate of drug-likeness (QED) is 0.921. The zero-order chi connectivity index (χ0) is 13.0. The number of hydrogen-bond donors (Lipinski definition) is 1. The summed E-state index contributed by atoms with van der Waals surface area (Å²) in [5, 5.41) is 3.76. The lowest BCUT2D eigenvalue weighted by molar-refractivity contribution is -0.123. The maximum absolute atomic E-state index is 11.7. The standard InChI is InChI=1S/C13H15Cl2NO2/c14-10-6-3-7-11(15)13(10)18-8-12(17)16-9-4-1-2-5-9/h3,6-7,9H,1-2,4-5,8H2,(H,16,17). The van der Waals surface area contributed by atoms with Crippen LogP contribution in [0.5, 0.6) is 5.75 Å². The van der Waals surface area contributed by atoms with Gasteiger partial charge in [-0.05, 0) is 25.0 Å². The molecule has 0 heterocycles. The second-order valence-corrected chi connectivity index (χ2v) is 5.20. The van der Waals surface area contributed by atoms with Crippen LogP contribution in [0, 0.1) is 0 Å². The molecule has 1 amide bonds. The van der Waals surface area contributed by atoms with Crippen LogP contribution >= 0.6 is 23.2 Å². The van der Waals surface area contributed by atoms with Gasteiger partial charge in [0, 0.05) is 6.04 Å². The first-order valence-corrected chi connectivity index (χ1v) is 6.78. The first-order chi connectivity index (χ1) is 8.66. The van der Waals surface area contributed by atoms with E-state index in [-0.39, 0.29) is 12.5 Å². The van der Waals surface area contributed by atoms with E-state index in [4.69, 9.17) is 27.9 Å². The number of ether oxygens (including phenoxy) is 1. The Bertz CT molecular complexity index is 411. The second-order valence-electron chi connectivity index (χ2n) is 4.39. The van der Waals surface area contributed by atoms with E-state index in [1.807, 2.05) is 0 Å². The lowest BCUT2D eigenvalue weighted by Crippen LogP contribution is -2.36. The number of rotatable bonds is 4. The molecule has 0 unspecified atom stereocenters. The van der Waals surface area contributed by atoms with Gasteiger partial charge in [-0.2, -0.15) is 0 Å². The number of para-hydroxylation sites is 1. The van der Waals surface area contributed by atoms with Crippen LogP contribution in [0.2, 0.25) is 10.0 Å². The lowest BCUT2D eigenvalue weighted by atomic mass is 10.2. The predicted molar refractivity (Wildman–Crippen MR) is 72.4 cm³/mol. The van der Waals surface area contributed by atoms with E-state index in [2.05, 4.69) is 5.32 Å². The minimum Gasteiger partial charge on any atom is -0.481 e. The molecule has 5 heteroatoms. The average molecular weight is 288 g/mol. The van der Waals surface area contributed by atoms with Gasteiger partial charge in [-0.25, -0.2) is 0 Å². The Kier molecular flexibility index (Phi) is 4.72. The Morgan fingerprint density at radius 2 is 1.89 bits per heavy atom. The average Bonchev–Trinajstić information content (AvgIpc) is 2.81. The van der Waals surface area contributed by atoms with E-state index in [1.165, 1.54) is 12.8 Å². The van der Waals surface area contributed by atoms with Crippen LogP contribution in [0.3, 0.4) is 0 Å². The topological polar surface area (TPSA) is 38.3 Å². The lowest BCUT2D eigenvalue weighted by Gasteiger charge is -2.13. The van der Waals surface area contributed by atoms with Crippen LogP contribution in [0.1, 0.15) is 25.7 Å². The molecule has 1 aromatic rings. The van der Waals surface area contributed by atoms with Crippen molar-refractivity contribution in [2.75, 3.05) is 6.61 Å². The van der Waals surface area contributed by atoms with Crippen LogP contribution in [0.4, 0.5) is 0 Å². The first-order valence-electron chi connectivity index (χ1n) is 6.03. The van der Waals surface area contributed by atoms with Gasteiger partial charge in [-0.3, -0.25) is 4.79 Å². The molecule has 1 aliphatic carbocycles. The molecule has 1 aliphatic rings. The molecule has 1 saturated carbocycles. The van der Waals surface area contributed by atoms with Gasteiger partial charge in [0.1, 0.15) is 0 Å². The molecule has 0 atom stereocenters. The monoisotopic (exact) mass is 287 g/mol. The summed E-state index contributed by atoms with van der Waals surface area (Å²) in [6, 6.07) is 5.38. The van der Waals surface area contributed by atoms with Crippen molar-refractivity contribution in [2.24, 2.45) is 0 Å². The van der Waals surface area contributed by atoms with Crippen LogP contribution in [0.25, 0.3) is 0 Å². The summed E-state index contributed by atoms with van der Waals surface area (Å²) in [4.78, 5) is 11.7. The minimum atomic E-state index is -0.127. The van der Waals surface area contributed by atoms with Crippen LogP contribution in [-0.4, -0.2) is 18.6 Å². The molecule has 1 aromatic carbocycles. The van der Waals surface area contributed by atoms with Gasteiger partial charge >= 0.3 is 0 Å². The normalized spacial score (nSPS) is 15.7. The number of benzene rings is 1. The van der Waals surface area contributed by atoms with E-state index < -0.39 is 0 Å². The number of amides is 1. The fourth-order valence-electron chi connectivity index (χ4n) is 2.10. The molecular formula is C13H15Cl2NO2. The molecular weight excluding hydrogens is 273 g/mol. The van der Waals surface area contributed by atoms with Gasteiger partial charge in [0.05, 0.1) is 10.0 Å². The number of carbonyl (C=O) groups is 1. The molecule has 2 rings (SSSR count). The maximum atomic E-state index is 11.7. The maximum Gasteiger partial charge on any atom is 0.258 e. The van der Waals surface area contributed by atoms with Crippen molar-refractivity contribution in [2.45, 2.75) is 31.7 Å². The summed E-state index contributed by atoms with van der Waals surface area (Å²) in [5.74, 6) is 0.236. The van der Waals surface area contributed by atoms with Crippen molar-refractivity contribution >= 4 is 29.1 Å². The van der Waals surface area contributed by atoms with Gasteiger partial charge in [0.15, 0.2) is 12.4 Å². The molecule has 0 saturated heterocycles. The highest BCUT2D eigenvalue weighted by Gasteiger charge is 2.17. The molecule has 1 fully saturated rings. The molecule has 0 radical (unpaired) electrons. The van der Waals surface area contributed by atoms with Crippen LogP contribution < -0.4 is 10.1 Å². The third kappa shape index (κ3) is 3.53. The highest BCUT2D eigenvalue weighted by Crippen LogP contribution is 2.32. The number of carbonyl (C=O) groups excluding carboxylic acids is 1. The van der Waals surface area contributed by atoms with Crippen molar-refractivity contribution in [3.8, 4) is 5.75 Å². The number of hydrogen-bond acceptors (Lipinski definition) is 2. The third-order valence-electron chi connectivity index (χ3n) is 2.99. The number of halogens is 2. The summed E-state index contributed by atoms with van der Waals surface area (Å²) >= 11 is 11.9. The Balaban J connectivity index is 1.85. The Hall–Kier alpha value is -0.930. The van der Waals surface area contributed by atoms with Gasteiger partial charge in [0.2, 0.25) is 0 Å². The Morgan fingerprint density at radius 3 is 2.50 bits per heavy atom. The summed E-state index contributed by atoms with van der Waals surface area (Å²) in [6.07, 6.45) is 4.47. The minimum absolute atomic E-state index is 0.0556. The molecule has 0 aromatic heterocycles. The van der Waals surface area contributed by atoms with Gasteiger partial charge in [-0.15, -0.1) is 0 Å². The van der Waals surface area contributed by atoms with Gasteiger partial charge < -0.3 is 10.1 Å². The third-order valence-corrected chi connectivity index (χ3v) is 3.58. The molecule has 3 nitrogen and oxygen atoms in total. The summed E-state index contributed by atoms with van der Waals surface area (Å²) in [7, 11) is 0. The Labute approximate surface area is 116 Å². The zero-order valence-electron chi connectivity index (χ0n) is 9.92. The van der Waals surface area contributed by atoms with Crippen molar-refractivity contribution in [3.63, 3.8) is 0 Å². The van der Waals surface area contributed by atoms with E-state index in [0.717, 1.165) is 12.8 Å². The highest BCUT2D eigenvalue weighted by molar-refractivity contribution is 6.37. The first kappa shape index (κ1) is 13.5. The fourth-order valence-corrected chi connectivity index (χ4v) is 2.60. The van der Waals surface area contributed by atoms with E-state index >= 15 is 0 Å². The summed E-state index contributed by atoms with van der Waals surface area (Å²) in [6.45, 7) is -0.0556. The smallest absolute Gasteiger partial charge is 0.258 e. The predicted octanol–water partition coefficient (Wildman–Crippen LogP) is 3.43. The molecule has 1 N–H and O–H groups in total. The molecule has 0 bridgehead atoms. The summed E-state index contributed by atoms with van der Waals surface area (Å²) < 4.78 is 5.36. The van der Waals surface area contributed by atoms with E-state index in [9.17, 15) is 4.79 Å². The molecule has 0 aliphatic heterocycles. The molecule has 98 valence electrons. The van der Waals surface area contributed by atoms with Gasteiger partial charge in [-0.1, -0.05) is 42.1 Å². The second kappa shape index (κ2) is 6.30. The van der Waals surface area contributed by atoms with E-state index in [0.29, 0.717) is 21.8 Å². The van der Waals surface area contributed by atoms with Crippen molar-refractivity contribution in [1.29, 1.82) is 0 Å². The molecule has 0 spiro atoms. The number of nitrogens with one attached hydrogen (secondary N) is 1. The molecule has 18 heavy (non-hydrogen) atoms. The largest absolute Gasteiger partial charge is 0.481 e. The van der Waals surface area contributed by atoms with Crippen LogP contribution in [0.15, 0.2) is 18.2 Å². The van der Waals surface area contributed by atoms with Crippen molar-refractivity contribution < 1.29 is 9.53 Å². The van der Waals surface area contributed by atoms with Crippen LogP contribution in [-0.2, 0) is 4.79 Å². The fraction of sp³-hybridized carbons (Fsp3) is 0.462. The van der Waals surface area contributed by atoms with Gasteiger partial charge in [0.25, 0.3) is 5.91 Å². The van der Waals surface area contributed by atoms with E-state index in [1.54, 1.807) is 18.2 Å². The summed E-state index contributed by atoms with van der Waals surface area (Å²) in [5.41, 5.74) is 0. The van der Waals surface area contributed by atoms with Crippen molar-refractivity contribution in [3.05, 3.63) is 28.2 Å². The zero-order valence-corrected chi connectivity index (χ0v) is 11.4. The van der Waals surface area contributed by atoms with Crippen molar-refractivity contribution in [1.82, 2.24) is 5.32 Å². The SMILES string of the molecule is O=C(COc1c(Cl)cccc1Cl)NC1CCCC1.